The second kappa shape index (κ2) is 7.85. The van der Waals surface area contributed by atoms with Gasteiger partial charge in [0.15, 0.2) is 11.5 Å². The van der Waals surface area contributed by atoms with E-state index in [0.29, 0.717) is 17.6 Å². The number of rotatable bonds is 5. The lowest BCUT2D eigenvalue weighted by atomic mass is 9.97. The van der Waals surface area contributed by atoms with Crippen molar-refractivity contribution in [2.45, 2.75) is 19.8 Å². The maximum absolute atomic E-state index is 8.76. The molecule has 2 aromatic rings. The molecule has 25 heavy (non-hydrogen) atoms. The van der Waals surface area contributed by atoms with E-state index in [-0.39, 0.29) is 5.69 Å². The highest BCUT2D eigenvalue weighted by molar-refractivity contribution is 5.59. The average molecular weight is 338 g/mol. The number of aromatic nitrogens is 4. The highest BCUT2D eigenvalue weighted by Gasteiger charge is 2.16. The molecule has 0 radical (unpaired) electrons. The summed E-state index contributed by atoms with van der Waals surface area (Å²) in [5.74, 6) is 1.80. The van der Waals surface area contributed by atoms with E-state index >= 15 is 0 Å². The lowest BCUT2D eigenvalue weighted by Crippen LogP contribution is -2.33. The van der Waals surface area contributed by atoms with Gasteiger partial charge in [-0.15, -0.1) is 5.10 Å². The number of hydrogen-bond acceptors (Lipinski definition) is 8. The molecule has 2 N–H and O–H groups in total. The van der Waals surface area contributed by atoms with Gasteiger partial charge in [0.25, 0.3) is 0 Å². The van der Waals surface area contributed by atoms with E-state index in [1.54, 1.807) is 0 Å². The standard InChI is InChI=1S/C17H22N8/c1-12-15(20-9-13-3-5-25(2)6-4-13)7-16(24-23-12)22-17-11-19-14(8-18)10-21-17/h7,10-11,13H,3-6,9H2,1-2H3,(H2,20,21,22,24). The van der Waals surface area contributed by atoms with E-state index in [0.717, 1.165) is 31.0 Å². The zero-order chi connectivity index (χ0) is 17.6. The lowest BCUT2D eigenvalue weighted by molar-refractivity contribution is 0.226. The van der Waals surface area contributed by atoms with Gasteiger partial charge in [-0.05, 0) is 45.8 Å². The number of hydrogen-bond donors (Lipinski definition) is 2. The molecule has 8 heteroatoms. The minimum atomic E-state index is 0.279. The van der Waals surface area contributed by atoms with Gasteiger partial charge in [0, 0.05) is 12.6 Å². The number of likely N-dealkylation sites (tertiary alicyclic amines) is 1. The van der Waals surface area contributed by atoms with Gasteiger partial charge in [0.1, 0.15) is 11.9 Å². The molecule has 0 unspecified atom stereocenters. The fraction of sp³-hybridized carbons (Fsp3) is 0.471. The largest absolute Gasteiger partial charge is 0.383 e. The van der Waals surface area contributed by atoms with Gasteiger partial charge in [0.05, 0.1) is 23.8 Å². The van der Waals surface area contributed by atoms with Crippen LogP contribution in [0.15, 0.2) is 18.5 Å². The highest BCUT2D eigenvalue weighted by Crippen LogP contribution is 2.21. The Morgan fingerprint density at radius 3 is 2.68 bits per heavy atom. The van der Waals surface area contributed by atoms with Crippen molar-refractivity contribution in [2.75, 3.05) is 37.3 Å². The molecule has 1 aliphatic rings. The predicted octanol–water partition coefficient (Wildman–Crippen LogP) is 1.94. The number of aryl methyl sites for hydroxylation is 1. The summed E-state index contributed by atoms with van der Waals surface area (Å²) in [5.41, 5.74) is 2.11. The lowest BCUT2D eigenvalue weighted by Gasteiger charge is -2.29. The van der Waals surface area contributed by atoms with Crippen LogP contribution in [0.25, 0.3) is 0 Å². The molecule has 0 aromatic carbocycles. The summed E-state index contributed by atoms with van der Waals surface area (Å²) in [6.07, 6.45) is 5.36. The second-order valence-electron chi connectivity index (χ2n) is 6.38. The Kier molecular flexibility index (Phi) is 5.36. The van der Waals surface area contributed by atoms with Crippen molar-refractivity contribution in [3.63, 3.8) is 0 Å². The van der Waals surface area contributed by atoms with Crippen molar-refractivity contribution in [1.82, 2.24) is 25.1 Å². The van der Waals surface area contributed by atoms with Crippen LogP contribution in [0.1, 0.15) is 24.2 Å². The van der Waals surface area contributed by atoms with E-state index in [9.17, 15) is 0 Å². The molecule has 8 nitrogen and oxygen atoms in total. The van der Waals surface area contributed by atoms with Gasteiger partial charge in [0.2, 0.25) is 0 Å². The van der Waals surface area contributed by atoms with Gasteiger partial charge < -0.3 is 15.5 Å². The molecule has 0 bridgehead atoms. The number of piperidine rings is 1. The molecule has 2 aromatic heterocycles. The maximum Gasteiger partial charge on any atom is 0.158 e. The molecule has 3 rings (SSSR count). The first-order valence-corrected chi connectivity index (χ1v) is 8.40. The zero-order valence-electron chi connectivity index (χ0n) is 14.5. The van der Waals surface area contributed by atoms with Crippen LogP contribution < -0.4 is 10.6 Å². The van der Waals surface area contributed by atoms with Crippen molar-refractivity contribution in [3.05, 3.63) is 29.8 Å². The van der Waals surface area contributed by atoms with E-state index < -0.39 is 0 Å². The summed E-state index contributed by atoms with van der Waals surface area (Å²) >= 11 is 0. The Bertz CT molecular complexity index is 744. The number of anilines is 3. The molecule has 0 spiro atoms. The minimum Gasteiger partial charge on any atom is -0.383 e. The molecule has 130 valence electrons. The zero-order valence-corrected chi connectivity index (χ0v) is 14.5. The molecule has 3 heterocycles. The summed E-state index contributed by atoms with van der Waals surface area (Å²) in [6, 6.07) is 3.87. The van der Waals surface area contributed by atoms with Gasteiger partial charge >= 0.3 is 0 Å². The minimum absolute atomic E-state index is 0.279. The maximum atomic E-state index is 8.76. The topological polar surface area (TPSA) is 103 Å². The van der Waals surface area contributed by atoms with Crippen LogP contribution in [-0.4, -0.2) is 51.7 Å². The third-order valence-electron chi connectivity index (χ3n) is 4.42. The van der Waals surface area contributed by atoms with Gasteiger partial charge in [-0.25, -0.2) is 9.97 Å². The van der Waals surface area contributed by atoms with Crippen LogP contribution in [0.3, 0.4) is 0 Å². The van der Waals surface area contributed by atoms with Crippen LogP contribution in [0.2, 0.25) is 0 Å². The fourth-order valence-electron chi connectivity index (χ4n) is 2.79. The van der Waals surface area contributed by atoms with Crippen molar-refractivity contribution < 1.29 is 0 Å². The summed E-state index contributed by atoms with van der Waals surface area (Å²) in [4.78, 5) is 10.5. The van der Waals surface area contributed by atoms with E-state index in [1.807, 2.05) is 19.1 Å². The first-order chi connectivity index (χ1) is 12.1. The summed E-state index contributed by atoms with van der Waals surface area (Å²) in [7, 11) is 2.17. The van der Waals surface area contributed by atoms with Gasteiger partial charge in [-0.3, -0.25) is 0 Å². The van der Waals surface area contributed by atoms with Crippen LogP contribution in [0.5, 0.6) is 0 Å². The van der Waals surface area contributed by atoms with Crippen LogP contribution in [0, 0.1) is 24.2 Å². The Hall–Kier alpha value is -2.79. The first-order valence-electron chi connectivity index (χ1n) is 8.40. The van der Waals surface area contributed by atoms with Crippen molar-refractivity contribution >= 4 is 17.3 Å². The van der Waals surface area contributed by atoms with E-state index in [4.69, 9.17) is 5.26 Å². The molecule has 0 saturated carbocycles. The van der Waals surface area contributed by atoms with Crippen LogP contribution in [0.4, 0.5) is 17.3 Å². The van der Waals surface area contributed by atoms with Crippen molar-refractivity contribution in [3.8, 4) is 6.07 Å². The monoisotopic (exact) mass is 338 g/mol. The molecule has 1 saturated heterocycles. The smallest absolute Gasteiger partial charge is 0.158 e. The van der Waals surface area contributed by atoms with Crippen molar-refractivity contribution in [1.29, 1.82) is 5.26 Å². The van der Waals surface area contributed by atoms with E-state index in [2.05, 4.69) is 42.7 Å². The predicted molar refractivity (Wildman–Crippen MR) is 95.5 cm³/mol. The van der Waals surface area contributed by atoms with Crippen LogP contribution >= 0.6 is 0 Å². The van der Waals surface area contributed by atoms with Crippen LogP contribution in [-0.2, 0) is 0 Å². The quantitative estimate of drug-likeness (QED) is 0.852. The molecule has 0 aliphatic carbocycles. The molecule has 1 aliphatic heterocycles. The number of nitrogens with one attached hydrogen (secondary N) is 2. The molecular formula is C17H22N8. The van der Waals surface area contributed by atoms with Crippen molar-refractivity contribution in [2.24, 2.45) is 5.92 Å². The van der Waals surface area contributed by atoms with Gasteiger partial charge in [-0.2, -0.15) is 10.4 Å². The molecule has 1 fully saturated rings. The van der Waals surface area contributed by atoms with E-state index in [1.165, 1.54) is 25.2 Å². The SMILES string of the molecule is Cc1nnc(Nc2cnc(C#N)cn2)cc1NCC1CCN(C)CC1. The summed E-state index contributed by atoms with van der Waals surface area (Å²) < 4.78 is 0. The summed E-state index contributed by atoms with van der Waals surface area (Å²) in [6.45, 7) is 5.19. The molecule has 0 amide bonds. The fourth-order valence-corrected chi connectivity index (χ4v) is 2.79. The Morgan fingerprint density at radius 1 is 1.20 bits per heavy atom. The normalized spacial score (nSPS) is 15.6. The Labute approximate surface area is 147 Å². The summed E-state index contributed by atoms with van der Waals surface area (Å²) in [5, 5.41) is 23.7. The Balaban J connectivity index is 1.62. The number of nitrogens with zero attached hydrogens (tertiary/aromatic N) is 6. The Morgan fingerprint density at radius 2 is 2.00 bits per heavy atom. The highest BCUT2D eigenvalue weighted by atomic mass is 15.2. The van der Waals surface area contributed by atoms with Gasteiger partial charge in [-0.1, -0.05) is 0 Å². The third kappa shape index (κ3) is 4.61. The molecule has 0 atom stereocenters. The molecular weight excluding hydrogens is 316 g/mol. The third-order valence-corrected chi connectivity index (χ3v) is 4.42. The second-order valence-corrected chi connectivity index (χ2v) is 6.38. The first kappa shape index (κ1) is 17.0. The average Bonchev–Trinajstić information content (AvgIpc) is 2.64. The number of nitriles is 1.